The van der Waals surface area contributed by atoms with E-state index in [0.717, 1.165) is 10.3 Å². The third-order valence-corrected chi connectivity index (χ3v) is 4.08. The molecule has 0 saturated carbocycles. The number of nitrogens with zero attached hydrogens (tertiary/aromatic N) is 1. The van der Waals surface area contributed by atoms with Crippen LogP contribution in [0.4, 0.5) is 5.69 Å². The van der Waals surface area contributed by atoms with Gasteiger partial charge in [-0.05, 0) is 54.1 Å². The van der Waals surface area contributed by atoms with E-state index in [-0.39, 0.29) is 12.2 Å². The quantitative estimate of drug-likeness (QED) is 0.666. The Labute approximate surface area is 165 Å². The molecule has 0 aliphatic heterocycles. The third kappa shape index (κ3) is 4.57. The highest BCUT2D eigenvalue weighted by atomic mass is 35.5. The highest BCUT2D eigenvalue weighted by molar-refractivity contribution is 6.30. The van der Waals surface area contributed by atoms with Crippen LogP contribution < -0.4 is 21.4 Å². The standard InChI is InChI=1S/C20H16ClN3O4/c21-15-4-1-3-13(11-15)12-28-24-10-2-5-17(20(24)27)19(26)23-16-8-6-14(7-9-16)18(22)25/h1-11H,12H2,(H2,22,25)(H,23,26). The molecule has 142 valence electrons. The topological polar surface area (TPSA) is 103 Å². The number of hydrogen-bond donors (Lipinski definition) is 2. The van der Waals surface area contributed by atoms with Crippen LogP contribution in [0.2, 0.25) is 5.02 Å². The predicted octanol–water partition coefficient (Wildman–Crippen LogP) is 2.48. The Balaban J connectivity index is 1.73. The summed E-state index contributed by atoms with van der Waals surface area (Å²) in [5, 5.41) is 3.16. The Hall–Kier alpha value is -3.58. The average molecular weight is 398 g/mol. The largest absolute Gasteiger partial charge is 0.406 e. The maximum absolute atomic E-state index is 12.5. The van der Waals surface area contributed by atoms with Gasteiger partial charge in [-0.25, -0.2) is 0 Å². The molecule has 0 fully saturated rings. The van der Waals surface area contributed by atoms with Crippen molar-refractivity contribution < 1.29 is 14.4 Å². The highest BCUT2D eigenvalue weighted by Gasteiger charge is 2.13. The molecule has 0 saturated heterocycles. The molecule has 3 rings (SSSR count). The Morgan fingerprint density at radius 3 is 2.50 bits per heavy atom. The summed E-state index contributed by atoms with van der Waals surface area (Å²) >= 11 is 5.93. The van der Waals surface area contributed by atoms with Crippen molar-refractivity contribution in [3.63, 3.8) is 0 Å². The second-order valence-electron chi connectivity index (χ2n) is 5.85. The molecule has 2 amide bonds. The lowest BCUT2D eigenvalue weighted by Gasteiger charge is -2.10. The van der Waals surface area contributed by atoms with Crippen molar-refractivity contribution in [1.82, 2.24) is 4.73 Å². The van der Waals surface area contributed by atoms with Gasteiger partial charge in [-0.3, -0.25) is 14.4 Å². The monoisotopic (exact) mass is 397 g/mol. The number of hydrogen-bond acceptors (Lipinski definition) is 4. The van der Waals surface area contributed by atoms with Crippen molar-refractivity contribution in [2.24, 2.45) is 5.73 Å². The molecule has 0 atom stereocenters. The fourth-order valence-corrected chi connectivity index (χ4v) is 2.65. The minimum atomic E-state index is -0.601. The van der Waals surface area contributed by atoms with E-state index in [1.807, 2.05) is 6.07 Å². The fourth-order valence-electron chi connectivity index (χ4n) is 2.44. The van der Waals surface area contributed by atoms with Crippen LogP contribution in [0.15, 0.2) is 71.7 Å². The van der Waals surface area contributed by atoms with E-state index in [0.29, 0.717) is 16.3 Å². The summed E-state index contributed by atoms with van der Waals surface area (Å²) in [5.41, 5.74) is 6.01. The molecule has 3 N–H and O–H groups in total. The third-order valence-electron chi connectivity index (χ3n) is 3.85. The van der Waals surface area contributed by atoms with Gasteiger partial charge in [0.1, 0.15) is 12.2 Å². The van der Waals surface area contributed by atoms with Crippen molar-refractivity contribution in [3.05, 3.63) is 98.9 Å². The number of carbonyl (C=O) groups is 2. The van der Waals surface area contributed by atoms with Crippen molar-refractivity contribution in [2.75, 3.05) is 5.32 Å². The zero-order valence-corrected chi connectivity index (χ0v) is 15.3. The van der Waals surface area contributed by atoms with Gasteiger partial charge in [0, 0.05) is 22.5 Å². The molecule has 1 aromatic heterocycles. The first-order chi connectivity index (χ1) is 13.4. The van der Waals surface area contributed by atoms with Crippen LogP contribution in [-0.4, -0.2) is 16.5 Å². The van der Waals surface area contributed by atoms with Gasteiger partial charge in [-0.2, -0.15) is 4.73 Å². The van der Waals surface area contributed by atoms with E-state index in [1.54, 1.807) is 18.2 Å². The van der Waals surface area contributed by atoms with Gasteiger partial charge < -0.3 is 15.9 Å². The SMILES string of the molecule is NC(=O)c1ccc(NC(=O)c2cccn(OCc3cccc(Cl)c3)c2=O)cc1. The van der Waals surface area contributed by atoms with Gasteiger partial charge in [-0.1, -0.05) is 23.7 Å². The Morgan fingerprint density at radius 2 is 1.82 bits per heavy atom. The maximum atomic E-state index is 12.5. The van der Waals surface area contributed by atoms with Crippen molar-refractivity contribution >= 4 is 29.1 Å². The van der Waals surface area contributed by atoms with Gasteiger partial charge in [0.2, 0.25) is 5.91 Å². The van der Waals surface area contributed by atoms with E-state index in [4.69, 9.17) is 22.2 Å². The second-order valence-corrected chi connectivity index (χ2v) is 6.29. The minimum absolute atomic E-state index is 0.0902. The number of aromatic nitrogens is 1. The molecule has 0 spiro atoms. The maximum Gasteiger partial charge on any atom is 0.295 e. The number of pyridine rings is 1. The zero-order chi connectivity index (χ0) is 20.1. The number of amides is 2. The van der Waals surface area contributed by atoms with Crippen molar-refractivity contribution in [3.8, 4) is 0 Å². The number of primary amides is 1. The Kier molecular flexibility index (Phi) is 5.76. The Morgan fingerprint density at radius 1 is 1.07 bits per heavy atom. The van der Waals surface area contributed by atoms with Crippen LogP contribution in [0.5, 0.6) is 0 Å². The lowest BCUT2D eigenvalue weighted by Crippen LogP contribution is -2.32. The molecule has 1 heterocycles. The highest BCUT2D eigenvalue weighted by Crippen LogP contribution is 2.11. The van der Waals surface area contributed by atoms with E-state index in [2.05, 4.69) is 5.32 Å². The molecule has 0 aliphatic rings. The number of carbonyl (C=O) groups excluding carboxylic acids is 2. The number of nitrogens with two attached hydrogens (primary N) is 1. The molecule has 2 aromatic carbocycles. The van der Waals surface area contributed by atoms with Crippen LogP contribution in [0.3, 0.4) is 0 Å². The molecule has 0 radical (unpaired) electrons. The average Bonchev–Trinajstić information content (AvgIpc) is 2.67. The molecule has 0 unspecified atom stereocenters. The van der Waals surface area contributed by atoms with E-state index in [9.17, 15) is 14.4 Å². The molecular formula is C20H16ClN3O4. The first kappa shape index (κ1) is 19.2. The first-order valence-electron chi connectivity index (χ1n) is 8.24. The van der Waals surface area contributed by atoms with Gasteiger partial charge in [0.15, 0.2) is 0 Å². The summed E-state index contributed by atoms with van der Waals surface area (Å²) in [6, 6.07) is 16.0. The molecule has 0 aliphatic carbocycles. The van der Waals surface area contributed by atoms with Crippen LogP contribution in [0.1, 0.15) is 26.3 Å². The van der Waals surface area contributed by atoms with E-state index >= 15 is 0 Å². The predicted molar refractivity (Wildman–Crippen MR) is 105 cm³/mol. The number of halogens is 1. The Bertz CT molecular complexity index is 1080. The first-order valence-corrected chi connectivity index (χ1v) is 8.62. The minimum Gasteiger partial charge on any atom is -0.406 e. The number of anilines is 1. The summed E-state index contributed by atoms with van der Waals surface area (Å²) < 4.78 is 0.992. The van der Waals surface area contributed by atoms with E-state index < -0.39 is 17.4 Å². The van der Waals surface area contributed by atoms with Gasteiger partial charge in [-0.15, -0.1) is 0 Å². The van der Waals surface area contributed by atoms with Crippen LogP contribution >= 0.6 is 11.6 Å². The summed E-state index contributed by atoms with van der Waals surface area (Å²) in [7, 11) is 0. The molecule has 28 heavy (non-hydrogen) atoms. The lowest BCUT2D eigenvalue weighted by atomic mass is 10.2. The molecule has 3 aromatic rings. The number of benzene rings is 2. The second kappa shape index (κ2) is 8.41. The lowest BCUT2D eigenvalue weighted by molar-refractivity contribution is 0.0863. The summed E-state index contributed by atoms with van der Waals surface area (Å²) in [6.45, 7) is 0.111. The molecule has 0 bridgehead atoms. The molecule has 7 nitrogen and oxygen atoms in total. The zero-order valence-electron chi connectivity index (χ0n) is 14.6. The van der Waals surface area contributed by atoms with Gasteiger partial charge >= 0.3 is 0 Å². The van der Waals surface area contributed by atoms with Crippen molar-refractivity contribution in [2.45, 2.75) is 6.61 Å². The summed E-state index contributed by atoms with van der Waals surface area (Å²) in [5.74, 6) is -1.17. The molecule has 8 heteroatoms. The van der Waals surface area contributed by atoms with Crippen LogP contribution in [-0.2, 0) is 6.61 Å². The van der Waals surface area contributed by atoms with E-state index in [1.165, 1.54) is 42.6 Å². The number of rotatable bonds is 6. The smallest absolute Gasteiger partial charge is 0.295 e. The molecular weight excluding hydrogens is 382 g/mol. The fraction of sp³-hybridized carbons (Fsp3) is 0.0500. The van der Waals surface area contributed by atoms with Crippen LogP contribution in [0, 0.1) is 0 Å². The van der Waals surface area contributed by atoms with Crippen LogP contribution in [0.25, 0.3) is 0 Å². The van der Waals surface area contributed by atoms with Crippen molar-refractivity contribution in [1.29, 1.82) is 0 Å². The summed E-state index contributed by atoms with van der Waals surface area (Å²) in [4.78, 5) is 41.5. The number of nitrogens with one attached hydrogen (secondary N) is 1. The van der Waals surface area contributed by atoms with Gasteiger partial charge in [0.05, 0.1) is 0 Å². The van der Waals surface area contributed by atoms with Gasteiger partial charge in [0.25, 0.3) is 11.5 Å². The summed E-state index contributed by atoms with van der Waals surface area (Å²) in [6.07, 6.45) is 1.42. The normalized spacial score (nSPS) is 10.3.